The van der Waals surface area contributed by atoms with Gasteiger partial charge in [0.15, 0.2) is 5.58 Å². The predicted molar refractivity (Wildman–Crippen MR) is 115 cm³/mol. The zero-order valence-electron chi connectivity index (χ0n) is 16.9. The lowest BCUT2D eigenvalue weighted by Gasteiger charge is -2.29. The van der Waals surface area contributed by atoms with Crippen molar-refractivity contribution in [2.24, 2.45) is 5.92 Å². The largest absolute Gasteiger partial charge is 0.417 e. The van der Waals surface area contributed by atoms with E-state index in [-0.39, 0.29) is 10.5 Å². The van der Waals surface area contributed by atoms with Gasteiger partial charge < -0.3 is 9.32 Å². The van der Waals surface area contributed by atoms with Crippen LogP contribution in [0.2, 0.25) is 0 Å². The van der Waals surface area contributed by atoms with Crippen molar-refractivity contribution in [3.63, 3.8) is 0 Å². The first kappa shape index (κ1) is 20.8. The molecule has 7 nitrogen and oxygen atoms in total. The summed E-state index contributed by atoms with van der Waals surface area (Å²) in [5, 5.41) is 0. The summed E-state index contributed by atoms with van der Waals surface area (Å²) < 4.78 is 32.6. The molecule has 1 aliphatic rings. The molecular formula is C22H28N3O4S+. The van der Waals surface area contributed by atoms with Crippen molar-refractivity contribution in [1.82, 2.24) is 9.71 Å². The summed E-state index contributed by atoms with van der Waals surface area (Å²) in [5.74, 6) is 0.154. The monoisotopic (exact) mass is 430 g/mol. The maximum atomic E-state index is 12.5. The van der Waals surface area contributed by atoms with E-state index >= 15 is 0 Å². The lowest BCUT2D eigenvalue weighted by Crippen LogP contribution is -3.13. The molecule has 8 heteroatoms. The van der Waals surface area contributed by atoms with Gasteiger partial charge in [0.2, 0.25) is 10.0 Å². The van der Waals surface area contributed by atoms with E-state index in [9.17, 15) is 13.2 Å². The second kappa shape index (κ2) is 9.16. The van der Waals surface area contributed by atoms with Gasteiger partial charge in [-0.05, 0) is 42.9 Å². The first-order chi connectivity index (χ1) is 14.5. The summed E-state index contributed by atoms with van der Waals surface area (Å²) in [4.78, 5) is 15.4. The molecule has 0 spiro atoms. The minimum atomic E-state index is -3.62. The molecule has 0 radical (unpaired) electrons. The molecule has 0 bridgehead atoms. The predicted octanol–water partition coefficient (Wildman–Crippen LogP) is 1.33. The van der Waals surface area contributed by atoms with E-state index in [1.807, 2.05) is 0 Å². The average Bonchev–Trinajstić information content (AvgIpc) is 3.12. The van der Waals surface area contributed by atoms with E-state index < -0.39 is 15.8 Å². The molecule has 3 aromatic rings. The zero-order chi connectivity index (χ0) is 21.0. The van der Waals surface area contributed by atoms with E-state index in [1.54, 1.807) is 11.0 Å². The van der Waals surface area contributed by atoms with E-state index in [4.69, 9.17) is 4.42 Å². The topological polar surface area (TPSA) is 96.6 Å². The highest BCUT2D eigenvalue weighted by Crippen LogP contribution is 2.17. The third-order valence-corrected chi connectivity index (χ3v) is 7.34. The number of fused-ring (bicyclic) bond motifs is 1. The second-order valence-corrected chi connectivity index (χ2v) is 9.82. The SMILES string of the molecule is O=c1[nH]c2ccc(S(=O)(=O)NCCC[NH+]3CCC(Cc4ccccc4)CC3)cc2o1. The van der Waals surface area contributed by atoms with Crippen molar-refractivity contribution in [3.05, 3.63) is 64.6 Å². The molecule has 2 heterocycles. The van der Waals surface area contributed by atoms with E-state index in [2.05, 4.69) is 40.0 Å². The third-order valence-electron chi connectivity index (χ3n) is 5.88. The lowest BCUT2D eigenvalue weighted by atomic mass is 9.90. The minimum Gasteiger partial charge on any atom is -0.408 e. The van der Waals surface area contributed by atoms with Crippen molar-refractivity contribution in [2.75, 3.05) is 26.2 Å². The molecule has 1 aliphatic heterocycles. The van der Waals surface area contributed by atoms with Crippen molar-refractivity contribution >= 4 is 21.1 Å². The molecule has 1 fully saturated rings. The Labute approximate surface area is 176 Å². The lowest BCUT2D eigenvalue weighted by molar-refractivity contribution is -0.906. The summed E-state index contributed by atoms with van der Waals surface area (Å²) in [6, 6.07) is 15.0. The fraction of sp³-hybridized carbons (Fsp3) is 0.409. The number of hydrogen-bond donors (Lipinski definition) is 3. The Morgan fingerprint density at radius 3 is 2.63 bits per heavy atom. The van der Waals surface area contributed by atoms with Crippen molar-refractivity contribution in [1.29, 1.82) is 0 Å². The average molecular weight is 431 g/mol. The third kappa shape index (κ3) is 5.19. The number of sulfonamides is 1. The number of aromatic amines is 1. The van der Waals surface area contributed by atoms with Crippen LogP contribution in [0.3, 0.4) is 0 Å². The Morgan fingerprint density at radius 2 is 1.87 bits per heavy atom. The molecule has 30 heavy (non-hydrogen) atoms. The standard InChI is InChI=1S/C22H27N3O4S/c26-22-24-20-8-7-19(16-21(20)29-22)30(27,28)23-11-4-12-25-13-9-18(10-14-25)15-17-5-2-1-3-6-17/h1-3,5-8,16,18,23H,4,9-15H2,(H,24,26)/p+1. The van der Waals surface area contributed by atoms with Crippen LogP contribution >= 0.6 is 0 Å². The molecule has 0 aliphatic carbocycles. The van der Waals surface area contributed by atoms with Gasteiger partial charge in [-0.2, -0.15) is 0 Å². The van der Waals surface area contributed by atoms with Gasteiger partial charge in [-0.25, -0.2) is 17.9 Å². The van der Waals surface area contributed by atoms with Gasteiger partial charge in [-0.3, -0.25) is 4.98 Å². The van der Waals surface area contributed by atoms with Crippen LogP contribution < -0.4 is 15.4 Å². The summed E-state index contributed by atoms with van der Waals surface area (Å²) in [6.07, 6.45) is 4.38. The van der Waals surface area contributed by atoms with Gasteiger partial charge in [0.1, 0.15) is 0 Å². The van der Waals surface area contributed by atoms with Crippen LogP contribution in [0.4, 0.5) is 0 Å². The van der Waals surface area contributed by atoms with Gasteiger partial charge in [-0.1, -0.05) is 30.3 Å². The molecule has 2 aromatic carbocycles. The molecule has 0 amide bonds. The smallest absolute Gasteiger partial charge is 0.408 e. The quantitative estimate of drug-likeness (QED) is 0.470. The summed E-state index contributed by atoms with van der Waals surface area (Å²) >= 11 is 0. The summed E-state index contributed by atoms with van der Waals surface area (Å²) in [7, 11) is -3.62. The van der Waals surface area contributed by atoms with Crippen LogP contribution in [0.25, 0.3) is 11.1 Å². The molecule has 0 saturated carbocycles. The number of nitrogens with one attached hydrogen (secondary N) is 3. The van der Waals surface area contributed by atoms with Gasteiger partial charge in [0.25, 0.3) is 0 Å². The van der Waals surface area contributed by atoms with Crippen molar-refractivity contribution in [2.45, 2.75) is 30.6 Å². The van der Waals surface area contributed by atoms with Crippen molar-refractivity contribution in [3.8, 4) is 0 Å². The number of likely N-dealkylation sites (tertiary alicyclic amines) is 1. The highest BCUT2D eigenvalue weighted by Gasteiger charge is 2.22. The van der Waals surface area contributed by atoms with Crippen LogP contribution in [0.5, 0.6) is 0 Å². The number of quaternary nitrogens is 1. The van der Waals surface area contributed by atoms with Gasteiger partial charge in [0, 0.05) is 19.0 Å². The van der Waals surface area contributed by atoms with Crippen LogP contribution in [-0.4, -0.2) is 39.6 Å². The normalized spacial score (nSPS) is 19.9. The van der Waals surface area contributed by atoms with E-state index in [0.717, 1.165) is 38.4 Å². The molecule has 3 N–H and O–H groups in total. The van der Waals surface area contributed by atoms with Gasteiger partial charge >= 0.3 is 5.76 Å². The van der Waals surface area contributed by atoms with Crippen LogP contribution in [-0.2, 0) is 16.4 Å². The van der Waals surface area contributed by atoms with Crippen LogP contribution in [0, 0.1) is 5.92 Å². The molecule has 160 valence electrons. The fourth-order valence-electron chi connectivity index (χ4n) is 4.21. The number of rotatable bonds is 8. The number of piperidine rings is 1. The highest BCUT2D eigenvalue weighted by molar-refractivity contribution is 7.89. The molecule has 0 atom stereocenters. The first-order valence-electron chi connectivity index (χ1n) is 10.5. The molecular weight excluding hydrogens is 402 g/mol. The van der Waals surface area contributed by atoms with E-state index in [1.165, 1.54) is 30.5 Å². The van der Waals surface area contributed by atoms with Crippen LogP contribution in [0.15, 0.2) is 62.6 Å². The summed E-state index contributed by atoms with van der Waals surface area (Å²) in [6.45, 7) is 3.65. The Bertz CT molecular complexity index is 1130. The number of oxazole rings is 1. The Hall–Kier alpha value is -2.42. The maximum Gasteiger partial charge on any atom is 0.417 e. The van der Waals surface area contributed by atoms with Crippen molar-refractivity contribution < 1.29 is 17.7 Å². The maximum absolute atomic E-state index is 12.5. The Kier molecular flexibility index (Phi) is 6.36. The van der Waals surface area contributed by atoms with Crippen LogP contribution in [0.1, 0.15) is 24.8 Å². The zero-order valence-corrected chi connectivity index (χ0v) is 17.7. The Balaban J connectivity index is 1.20. The van der Waals surface area contributed by atoms with Gasteiger partial charge in [0.05, 0.1) is 30.0 Å². The number of H-pyrrole nitrogens is 1. The number of hydrogen-bond acceptors (Lipinski definition) is 4. The molecule has 1 aromatic heterocycles. The minimum absolute atomic E-state index is 0.104. The molecule has 0 unspecified atom stereocenters. The first-order valence-corrected chi connectivity index (χ1v) is 12.0. The summed E-state index contributed by atoms with van der Waals surface area (Å²) in [5.41, 5.74) is 2.14. The highest BCUT2D eigenvalue weighted by atomic mass is 32.2. The second-order valence-electron chi connectivity index (χ2n) is 8.06. The number of aromatic nitrogens is 1. The fourth-order valence-corrected chi connectivity index (χ4v) is 5.30. The van der Waals surface area contributed by atoms with Gasteiger partial charge in [-0.15, -0.1) is 0 Å². The number of benzene rings is 2. The Morgan fingerprint density at radius 1 is 1.10 bits per heavy atom. The van der Waals surface area contributed by atoms with E-state index in [0.29, 0.717) is 12.1 Å². The molecule has 1 saturated heterocycles. The molecule has 4 rings (SSSR count).